The topological polar surface area (TPSA) is 99.2 Å². The van der Waals surface area contributed by atoms with Gasteiger partial charge in [-0.1, -0.05) is 23.7 Å². The van der Waals surface area contributed by atoms with Crippen LogP contribution in [0.5, 0.6) is 11.5 Å². The molecule has 0 atom stereocenters. The first kappa shape index (κ1) is 25.1. The summed E-state index contributed by atoms with van der Waals surface area (Å²) in [7, 11) is 1.18. The van der Waals surface area contributed by atoms with Gasteiger partial charge in [-0.05, 0) is 77.2 Å². The van der Waals surface area contributed by atoms with Gasteiger partial charge in [0.25, 0.3) is 11.1 Å². The quantitative estimate of drug-likeness (QED) is 0.194. The van der Waals surface area contributed by atoms with Crippen LogP contribution in [-0.2, 0) is 14.3 Å². The van der Waals surface area contributed by atoms with E-state index >= 15 is 0 Å². The third kappa shape index (κ3) is 5.87. The molecule has 0 aliphatic carbocycles. The first-order valence-electron chi connectivity index (χ1n) is 9.50. The zero-order chi connectivity index (χ0) is 24.1. The second-order valence-electron chi connectivity index (χ2n) is 6.48. The molecule has 3 rings (SSSR count). The lowest BCUT2D eigenvalue weighted by molar-refractivity contribution is -0.143. The van der Waals surface area contributed by atoms with E-state index in [0.717, 1.165) is 4.90 Å². The average molecular weight is 602 g/mol. The van der Waals surface area contributed by atoms with E-state index in [2.05, 4.69) is 4.74 Å². The zero-order valence-electron chi connectivity index (χ0n) is 17.4. The Morgan fingerprint density at radius 3 is 2.61 bits per heavy atom. The van der Waals surface area contributed by atoms with Gasteiger partial charge in [-0.2, -0.15) is 0 Å². The second-order valence-corrected chi connectivity index (χ2v) is 9.04. The molecule has 0 bridgehead atoms. The van der Waals surface area contributed by atoms with Gasteiger partial charge in [-0.15, -0.1) is 0 Å². The molecule has 1 heterocycles. The van der Waals surface area contributed by atoms with Crippen LogP contribution in [-0.4, -0.2) is 48.2 Å². The number of ether oxygens (including phenoxy) is 3. The van der Waals surface area contributed by atoms with Gasteiger partial charge in [-0.25, -0.2) is 4.79 Å². The van der Waals surface area contributed by atoms with Crippen molar-refractivity contribution in [1.82, 2.24) is 4.90 Å². The van der Waals surface area contributed by atoms with Crippen molar-refractivity contribution in [3.8, 4) is 11.5 Å². The Bertz CT molecular complexity index is 1170. The first-order chi connectivity index (χ1) is 15.7. The number of methoxy groups -OCH3 is 1. The molecule has 2 aromatic carbocycles. The monoisotopic (exact) mass is 601 g/mol. The van der Waals surface area contributed by atoms with E-state index in [1.165, 1.54) is 13.2 Å². The number of amides is 2. The van der Waals surface area contributed by atoms with E-state index < -0.39 is 29.6 Å². The van der Waals surface area contributed by atoms with E-state index in [4.69, 9.17) is 21.1 Å². The van der Waals surface area contributed by atoms with Crippen LogP contribution in [0, 0.1) is 3.57 Å². The molecule has 11 heteroatoms. The number of hydrogen-bond donors (Lipinski definition) is 0. The Morgan fingerprint density at radius 1 is 1.21 bits per heavy atom. The Labute approximate surface area is 212 Å². The summed E-state index contributed by atoms with van der Waals surface area (Å²) >= 11 is 8.79. The fraction of sp³-hybridized carbons (Fsp3) is 0.182. The highest BCUT2D eigenvalue weighted by Gasteiger charge is 2.36. The smallest absolute Gasteiger partial charge is 0.345 e. The molecule has 1 saturated heterocycles. The van der Waals surface area contributed by atoms with E-state index in [9.17, 15) is 19.2 Å². The molecule has 0 spiro atoms. The molecular formula is C22H17ClINO7S. The normalized spacial score (nSPS) is 14.5. The summed E-state index contributed by atoms with van der Waals surface area (Å²) in [5, 5.41) is -0.309. The molecule has 0 radical (unpaired) electrons. The highest BCUT2D eigenvalue weighted by molar-refractivity contribution is 14.1. The van der Waals surface area contributed by atoms with Crippen LogP contribution in [0.25, 0.3) is 6.08 Å². The minimum atomic E-state index is -0.698. The summed E-state index contributed by atoms with van der Waals surface area (Å²) < 4.78 is 16.3. The van der Waals surface area contributed by atoms with Gasteiger partial charge < -0.3 is 14.2 Å². The van der Waals surface area contributed by atoms with Crippen LogP contribution in [0.1, 0.15) is 22.8 Å². The lowest BCUT2D eigenvalue weighted by Gasteiger charge is -2.14. The lowest BCUT2D eigenvalue weighted by atomic mass is 10.1. The van der Waals surface area contributed by atoms with Crippen molar-refractivity contribution in [1.29, 1.82) is 0 Å². The summed E-state index contributed by atoms with van der Waals surface area (Å²) in [5.74, 6) is -1.45. The number of halogens is 2. The van der Waals surface area contributed by atoms with Gasteiger partial charge in [0.2, 0.25) is 0 Å². The maximum absolute atomic E-state index is 12.6. The number of nitrogens with zero attached hydrogens (tertiary/aromatic N) is 1. The minimum Gasteiger partial charge on any atom is -0.490 e. The first-order valence-corrected chi connectivity index (χ1v) is 11.8. The van der Waals surface area contributed by atoms with Crippen LogP contribution in [0.2, 0.25) is 5.02 Å². The number of carbonyl (C=O) groups is 4. The molecule has 1 aliphatic heterocycles. The Kier molecular flexibility index (Phi) is 8.38. The number of carbonyl (C=O) groups excluding carboxylic acids is 4. The predicted molar refractivity (Wildman–Crippen MR) is 131 cm³/mol. The van der Waals surface area contributed by atoms with Crippen LogP contribution >= 0.6 is 46.0 Å². The summed E-state index contributed by atoms with van der Waals surface area (Å²) in [4.78, 5) is 49.8. The molecule has 172 valence electrons. The fourth-order valence-corrected chi connectivity index (χ4v) is 4.58. The number of imide groups is 1. The maximum Gasteiger partial charge on any atom is 0.345 e. The number of benzene rings is 2. The predicted octanol–water partition coefficient (Wildman–Crippen LogP) is 4.77. The molecular weight excluding hydrogens is 585 g/mol. The minimum absolute atomic E-state index is 0.142. The highest BCUT2D eigenvalue weighted by atomic mass is 127. The zero-order valence-corrected chi connectivity index (χ0v) is 21.2. The van der Waals surface area contributed by atoms with Gasteiger partial charge in [0.15, 0.2) is 11.5 Å². The molecule has 1 aliphatic rings. The SMILES string of the molecule is CCOc1cc(/C=C2\SC(=O)N(CC(=O)OC)C2=O)cc(I)c1OC(=O)c1ccccc1Cl. The Morgan fingerprint density at radius 2 is 1.94 bits per heavy atom. The maximum atomic E-state index is 12.6. The number of rotatable bonds is 7. The van der Waals surface area contributed by atoms with Crippen LogP contribution < -0.4 is 9.47 Å². The van der Waals surface area contributed by atoms with Crippen molar-refractivity contribution >= 4 is 75.1 Å². The standard InChI is InChI=1S/C22H17ClINO7S/c1-3-31-16-9-12(10-17-20(27)25(22(29)33-17)11-18(26)30-2)8-15(24)19(16)32-21(28)13-6-4-5-7-14(13)23/h4-10H,3,11H2,1-2H3/b17-10-. The largest absolute Gasteiger partial charge is 0.490 e. The fourth-order valence-electron chi connectivity index (χ4n) is 2.79. The van der Waals surface area contributed by atoms with Gasteiger partial charge in [0, 0.05) is 0 Å². The molecule has 0 unspecified atom stereocenters. The molecule has 8 nitrogen and oxygen atoms in total. The van der Waals surface area contributed by atoms with Crippen LogP contribution in [0.15, 0.2) is 41.3 Å². The molecule has 1 fully saturated rings. The van der Waals surface area contributed by atoms with Gasteiger partial charge in [0.1, 0.15) is 6.54 Å². The van der Waals surface area contributed by atoms with Crippen molar-refractivity contribution in [2.45, 2.75) is 6.92 Å². The van der Waals surface area contributed by atoms with Gasteiger partial charge in [-0.3, -0.25) is 19.3 Å². The third-order valence-corrected chi connectivity index (χ3v) is 6.34. The van der Waals surface area contributed by atoms with Crippen molar-refractivity contribution < 1.29 is 33.4 Å². The molecule has 33 heavy (non-hydrogen) atoms. The number of hydrogen-bond acceptors (Lipinski definition) is 8. The van der Waals surface area contributed by atoms with Crippen LogP contribution in [0.4, 0.5) is 4.79 Å². The molecule has 0 aromatic heterocycles. The van der Waals surface area contributed by atoms with Crippen molar-refractivity contribution in [3.63, 3.8) is 0 Å². The van der Waals surface area contributed by atoms with E-state index in [-0.39, 0.29) is 27.0 Å². The highest BCUT2D eigenvalue weighted by Crippen LogP contribution is 2.38. The third-order valence-electron chi connectivity index (χ3n) is 4.31. The van der Waals surface area contributed by atoms with Crippen molar-refractivity contribution in [2.75, 3.05) is 20.3 Å². The summed E-state index contributed by atoms with van der Waals surface area (Å²) in [6.45, 7) is 1.61. The van der Waals surface area contributed by atoms with E-state index in [0.29, 0.717) is 27.5 Å². The van der Waals surface area contributed by atoms with Crippen molar-refractivity contribution in [2.24, 2.45) is 0 Å². The number of esters is 2. The Hall–Kier alpha value is -2.57. The summed E-state index contributed by atoms with van der Waals surface area (Å²) in [6.07, 6.45) is 1.51. The van der Waals surface area contributed by atoms with Crippen LogP contribution in [0.3, 0.4) is 0 Å². The van der Waals surface area contributed by atoms with Crippen molar-refractivity contribution in [3.05, 3.63) is 61.0 Å². The number of thioether (sulfide) groups is 1. The van der Waals surface area contributed by atoms with E-state index in [1.54, 1.807) is 43.3 Å². The summed E-state index contributed by atoms with van der Waals surface area (Å²) in [5.41, 5.74) is 0.754. The molecule has 2 amide bonds. The Balaban J connectivity index is 1.90. The van der Waals surface area contributed by atoms with Gasteiger partial charge >= 0.3 is 11.9 Å². The second kappa shape index (κ2) is 11.0. The van der Waals surface area contributed by atoms with Gasteiger partial charge in [0.05, 0.1) is 32.8 Å². The summed E-state index contributed by atoms with van der Waals surface area (Å²) in [6, 6.07) is 9.78. The van der Waals surface area contributed by atoms with E-state index in [1.807, 2.05) is 22.6 Å². The molecule has 2 aromatic rings. The molecule has 0 saturated carbocycles. The average Bonchev–Trinajstić information content (AvgIpc) is 3.03. The molecule has 0 N–H and O–H groups in total. The lowest BCUT2D eigenvalue weighted by Crippen LogP contribution is -2.34.